The molecule has 0 unspecified atom stereocenters. The van der Waals surface area contributed by atoms with Crippen LogP contribution in [0.5, 0.6) is 11.5 Å². The van der Waals surface area contributed by atoms with Gasteiger partial charge in [-0.3, -0.25) is 4.79 Å². The molecule has 0 spiro atoms. The third-order valence-electron chi connectivity index (χ3n) is 4.39. The summed E-state index contributed by atoms with van der Waals surface area (Å²) in [6, 6.07) is 13.9. The number of nitrogens with one attached hydrogen (secondary N) is 1. The molecule has 4 rings (SSSR count). The molecule has 1 amide bonds. The highest BCUT2D eigenvalue weighted by Gasteiger charge is 2.29. The van der Waals surface area contributed by atoms with Crippen molar-refractivity contribution in [3.63, 3.8) is 0 Å². The first-order valence-electron chi connectivity index (χ1n) is 8.84. The van der Waals surface area contributed by atoms with Gasteiger partial charge in [0.2, 0.25) is 0 Å². The average molecular weight is 419 g/mol. The number of halogens is 3. The maximum atomic E-state index is 12.6. The lowest BCUT2D eigenvalue weighted by Crippen LogP contribution is -2.21. The third-order valence-corrected chi connectivity index (χ3v) is 5.52. The minimum Gasteiger partial charge on any atom is -0.486 e. The van der Waals surface area contributed by atoms with Crippen LogP contribution < -0.4 is 14.8 Å². The molecule has 29 heavy (non-hydrogen) atoms. The van der Waals surface area contributed by atoms with Crippen molar-refractivity contribution in [2.24, 2.45) is 0 Å². The Hall–Kier alpha value is -3.00. The van der Waals surface area contributed by atoms with Gasteiger partial charge in [-0.2, -0.15) is 13.2 Å². The summed E-state index contributed by atoms with van der Waals surface area (Å²) >= 11 is 1.33. The van der Waals surface area contributed by atoms with Crippen molar-refractivity contribution >= 4 is 17.2 Å². The van der Waals surface area contributed by atoms with Crippen molar-refractivity contribution in [3.05, 3.63) is 70.6 Å². The Morgan fingerprint density at radius 1 is 0.966 bits per heavy atom. The van der Waals surface area contributed by atoms with Crippen LogP contribution in [-0.2, 0) is 12.7 Å². The minimum atomic E-state index is -4.37. The van der Waals surface area contributed by atoms with E-state index < -0.39 is 11.7 Å². The highest BCUT2D eigenvalue weighted by atomic mass is 32.1. The molecule has 2 aromatic carbocycles. The number of carbonyl (C=O) groups is 1. The van der Waals surface area contributed by atoms with E-state index in [1.54, 1.807) is 6.07 Å². The number of ether oxygens (including phenoxy) is 2. The number of thiophene rings is 1. The summed E-state index contributed by atoms with van der Waals surface area (Å²) < 4.78 is 48.9. The SMILES string of the molecule is O=C(NCc1ccc(C(F)(F)F)cc1)c1ccc(-c2ccc3c(c2)OCCO3)s1. The van der Waals surface area contributed by atoms with Crippen molar-refractivity contribution in [2.45, 2.75) is 12.7 Å². The summed E-state index contributed by atoms with van der Waals surface area (Å²) in [7, 11) is 0. The normalized spacial score (nSPS) is 13.2. The molecule has 2 heterocycles. The van der Waals surface area contributed by atoms with Crippen LogP contribution in [0.1, 0.15) is 20.8 Å². The maximum absolute atomic E-state index is 12.6. The summed E-state index contributed by atoms with van der Waals surface area (Å²) in [5.74, 6) is 1.10. The van der Waals surface area contributed by atoms with Crippen molar-refractivity contribution in [1.29, 1.82) is 0 Å². The zero-order chi connectivity index (χ0) is 20.4. The van der Waals surface area contributed by atoms with E-state index in [1.807, 2.05) is 24.3 Å². The number of benzene rings is 2. The highest BCUT2D eigenvalue weighted by molar-refractivity contribution is 7.17. The molecule has 0 aliphatic carbocycles. The Kier molecular flexibility index (Phi) is 5.19. The summed E-state index contributed by atoms with van der Waals surface area (Å²) in [4.78, 5) is 13.8. The first kappa shape index (κ1) is 19.3. The highest BCUT2D eigenvalue weighted by Crippen LogP contribution is 2.37. The zero-order valence-corrected chi connectivity index (χ0v) is 15.9. The molecule has 150 valence electrons. The van der Waals surface area contributed by atoms with Gasteiger partial charge in [0.1, 0.15) is 13.2 Å². The molecule has 1 N–H and O–H groups in total. The van der Waals surface area contributed by atoms with E-state index in [0.29, 0.717) is 35.2 Å². The van der Waals surface area contributed by atoms with Gasteiger partial charge in [0, 0.05) is 11.4 Å². The Morgan fingerprint density at radius 2 is 1.69 bits per heavy atom. The van der Waals surface area contributed by atoms with Crippen LogP contribution in [0.25, 0.3) is 10.4 Å². The van der Waals surface area contributed by atoms with E-state index in [0.717, 1.165) is 22.6 Å². The number of hydrogen-bond acceptors (Lipinski definition) is 4. The fraction of sp³-hybridized carbons (Fsp3) is 0.190. The molecule has 4 nitrogen and oxygen atoms in total. The molecular formula is C21H16F3NO3S. The number of alkyl halides is 3. The fourth-order valence-corrected chi connectivity index (χ4v) is 3.81. The molecule has 0 atom stereocenters. The lowest BCUT2D eigenvalue weighted by atomic mass is 10.1. The molecule has 3 aromatic rings. The molecule has 0 saturated heterocycles. The van der Waals surface area contributed by atoms with Gasteiger partial charge >= 0.3 is 6.18 Å². The van der Waals surface area contributed by atoms with Crippen molar-refractivity contribution in [1.82, 2.24) is 5.32 Å². The van der Waals surface area contributed by atoms with Gasteiger partial charge in [-0.15, -0.1) is 11.3 Å². The summed E-state index contributed by atoms with van der Waals surface area (Å²) in [5.41, 5.74) is 0.797. The number of rotatable bonds is 4. The predicted octanol–water partition coefficient (Wildman–Crippen LogP) is 5.14. The zero-order valence-electron chi connectivity index (χ0n) is 15.1. The van der Waals surface area contributed by atoms with Crippen LogP contribution in [0.3, 0.4) is 0 Å². The second-order valence-electron chi connectivity index (χ2n) is 6.40. The number of amides is 1. The van der Waals surface area contributed by atoms with Crippen LogP contribution >= 0.6 is 11.3 Å². The van der Waals surface area contributed by atoms with Crippen LogP contribution in [0.2, 0.25) is 0 Å². The molecule has 1 aromatic heterocycles. The summed E-state index contributed by atoms with van der Waals surface area (Å²) in [5, 5.41) is 2.73. The van der Waals surface area contributed by atoms with Crippen LogP contribution in [-0.4, -0.2) is 19.1 Å². The molecule has 0 radical (unpaired) electrons. The van der Waals surface area contributed by atoms with E-state index in [-0.39, 0.29) is 12.5 Å². The van der Waals surface area contributed by atoms with Gasteiger partial charge < -0.3 is 14.8 Å². The second-order valence-corrected chi connectivity index (χ2v) is 7.48. The van der Waals surface area contributed by atoms with Crippen LogP contribution in [0.4, 0.5) is 13.2 Å². The molecule has 8 heteroatoms. The molecule has 1 aliphatic rings. The Bertz CT molecular complexity index is 1030. The first-order chi connectivity index (χ1) is 13.9. The first-order valence-corrected chi connectivity index (χ1v) is 9.66. The quantitative estimate of drug-likeness (QED) is 0.637. The third kappa shape index (κ3) is 4.37. The topological polar surface area (TPSA) is 47.6 Å². The molecule has 1 aliphatic heterocycles. The average Bonchev–Trinajstić information content (AvgIpc) is 3.22. The van der Waals surface area contributed by atoms with E-state index in [9.17, 15) is 18.0 Å². The second kappa shape index (κ2) is 7.79. The van der Waals surface area contributed by atoms with Crippen molar-refractivity contribution in [3.8, 4) is 21.9 Å². The van der Waals surface area contributed by atoms with E-state index >= 15 is 0 Å². The van der Waals surface area contributed by atoms with E-state index in [4.69, 9.17) is 9.47 Å². The standard InChI is InChI=1S/C21H16F3NO3S/c22-21(23,24)15-4-1-13(2-5-15)12-25-20(26)19-8-7-18(29-19)14-3-6-16-17(11-14)28-10-9-27-16/h1-8,11H,9-10,12H2,(H,25,26). The van der Waals surface area contributed by atoms with Gasteiger partial charge in [-0.25, -0.2) is 0 Å². The Morgan fingerprint density at radius 3 is 2.41 bits per heavy atom. The molecular weight excluding hydrogens is 403 g/mol. The van der Waals surface area contributed by atoms with Crippen LogP contribution in [0.15, 0.2) is 54.6 Å². The molecule has 0 bridgehead atoms. The largest absolute Gasteiger partial charge is 0.486 e. The lowest BCUT2D eigenvalue weighted by molar-refractivity contribution is -0.137. The van der Waals surface area contributed by atoms with Gasteiger partial charge in [-0.1, -0.05) is 12.1 Å². The lowest BCUT2D eigenvalue weighted by Gasteiger charge is -2.18. The maximum Gasteiger partial charge on any atom is 0.416 e. The van der Waals surface area contributed by atoms with Gasteiger partial charge in [0.15, 0.2) is 11.5 Å². The van der Waals surface area contributed by atoms with Gasteiger partial charge in [0.25, 0.3) is 5.91 Å². The van der Waals surface area contributed by atoms with E-state index in [2.05, 4.69) is 5.32 Å². The minimum absolute atomic E-state index is 0.147. The van der Waals surface area contributed by atoms with Gasteiger partial charge in [-0.05, 0) is 53.6 Å². The molecule has 0 fully saturated rings. The number of fused-ring (bicyclic) bond motifs is 1. The fourth-order valence-electron chi connectivity index (χ4n) is 2.89. The summed E-state index contributed by atoms with van der Waals surface area (Å²) in [6.07, 6.45) is -4.37. The smallest absolute Gasteiger partial charge is 0.416 e. The van der Waals surface area contributed by atoms with Gasteiger partial charge in [0.05, 0.1) is 10.4 Å². The number of carbonyl (C=O) groups excluding carboxylic acids is 1. The number of hydrogen-bond donors (Lipinski definition) is 1. The Balaban J connectivity index is 1.41. The van der Waals surface area contributed by atoms with Crippen molar-refractivity contribution < 1.29 is 27.4 Å². The summed E-state index contributed by atoms with van der Waals surface area (Å²) in [6.45, 7) is 1.17. The monoisotopic (exact) mass is 419 g/mol. The Labute approximate surface area is 168 Å². The van der Waals surface area contributed by atoms with Crippen molar-refractivity contribution in [2.75, 3.05) is 13.2 Å². The predicted molar refractivity (Wildman–Crippen MR) is 103 cm³/mol. The van der Waals surface area contributed by atoms with Crippen LogP contribution in [0, 0.1) is 0 Å². The molecule has 0 saturated carbocycles. The van der Waals surface area contributed by atoms with E-state index in [1.165, 1.54) is 23.5 Å².